The molecule has 2 amide bonds. The normalized spacial score (nSPS) is 18.6. The molecule has 0 aromatic heterocycles. The fraction of sp³-hybridized carbons (Fsp3) is 0.429. The second-order valence-corrected chi connectivity index (χ2v) is 4.92. The van der Waals surface area contributed by atoms with Gasteiger partial charge in [-0.05, 0) is 38.3 Å². The standard InChI is InChI=1S/C14H18N2O2/c1-8-6-9(2)13(10(3)7-8)16-14(18)11-4-5-12(17)15-11/h6-7,11H,4-5H2,1-3H3,(H,15,17)(H,16,18)/t11-/m1/s1. The summed E-state index contributed by atoms with van der Waals surface area (Å²) in [5.74, 6) is -0.177. The first kappa shape index (κ1) is 12.6. The highest BCUT2D eigenvalue weighted by molar-refractivity contribution is 5.99. The average Bonchev–Trinajstić information content (AvgIpc) is 2.70. The topological polar surface area (TPSA) is 58.2 Å². The second-order valence-electron chi connectivity index (χ2n) is 4.92. The lowest BCUT2D eigenvalue weighted by atomic mass is 10.0. The van der Waals surface area contributed by atoms with Crippen LogP contribution in [0.15, 0.2) is 12.1 Å². The zero-order valence-corrected chi connectivity index (χ0v) is 11.0. The largest absolute Gasteiger partial charge is 0.344 e. The number of amides is 2. The number of hydrogen-bond donors (Lipinski definition) is 2. The van der Waals surface area contributed by atoms with Crippen LogP contribution < -0.4 is 10.6 Å². The van der Waals surface area contributed by atoms with Crippen molar-refractivity contribution in [1.82, 2.24) is 5.32 Å². The first-order valence-corrected chi connectivity index (χ1v) is 6.15. The smallest absolute Gasteiger partial charge is 0.246 e. The van der Waals surface area contributed by atoms with Gasteiger partial charge in [0.05, 0.1) is 0 Å². The van der Waals surface area contributed by atoms with Crippen molar-refractivity contribution in [3.63, 3.8) is 0 Å². The van der Waals surface area contributed by atoms with Crippen molar-refractivity contribution >= 4 is 17.5 Å². The summed E-state index contributed by atoms with van der Waals surface area (Å²) in [4.78, 5) is 23.1. The minimum atomic E-state index is -0.391. The molecule has 0 spiro atoms. The highest BCUT2D eigenvalue weighted by atomic mass is 16.2. The van der Waals surface area contributed by atoms with E-state index in [1.807, 2.05) is 32.9 Å². The number of anilines is 1. The molecule has 0 saturated carbocycles. The van der Waals surface area contributed by atoms with Crippen molar-refractivity contribution in [3.05, 3.63) is 28.8 Å². The third-order valence-electron chi connectivity index (χ3n) is 3.24. The molecule has 0 aliphatic carbocycles. The molecular weight excluding hydrogens is 228 g/mol. The molecule has 0 bridgehead atoms. The molecular formula is C14H18N2O2. The molecule has 96 valence electrons. The van der Waals surface area contributed by atoms with Crippen molar-refractivity contribution in [2.75, 3.05) is 5.32 Å². The molecule has 1 atom stereocenters. The van der Waals surface area contributed by atoms with E-state index in [1.165, 1.54) is 5.56 Å². The van der Waals surface area contributed by atoms with Crippen molar-refractivity contribution in [1.29, 1.82) is 0 Å². The lowest BCUT2D eigenvalue weighted by Gasteiger charge is -2.15. The molecule has 1 saturated heterocycles. The van der Waals surface area contributed by atoms with E-state index in [1.54, 1.807) is 0 Å². The Morgan fingerprint density at radius 3 is 2.39 bits per heavy atom. The Bertz CT molecular complexity index is 486. The summed E-state index contributed by atoms with van der Waals surface area (Å²) >= 11 is 0. The van der Waals surface area contributed by atoms with Gasteiger partial charge in [-0.25, -0.2) is 0 Å². The van der Waals surface area contributed by atoms with Crippen molar-refractivity contribution in [2.24, 2.45) is 0 Å². The Morgan fingerprint density at radius 2 is 1.89 bits per heavy atom. The molecule has 4 nitrogen and oxygen atoms in total. The molecule has 18 heavy (non-hydrogen) atoms. The van der Waals surface area contributed by atoms with Gasteiger partial charge in [-0.15, -0.1) is 0 Å². The molecule has 1 aromatic carbocycles. The maximum atomic E-state index is 12.0. The molecule has 1 aromatic rings. The van der Waals surface area contributed by atoms with Crippen LogP contribution in [0.4, 0.5) is 5.69 Å². The number of hydrogen-bond acceptors (Lipinski definition) is 2. The molecule has 4 heteroatoms. The van der Waals surface area contributed by atoms with Gasteiger partial charge < -0.3 is 10.6 Å². The molecule has 1 aliphatic heterocycles. The molecule has 0 radical (unpaired) electrons. The predicted octanol–water partition coefficient (Wildman–Crippen LogP) is 1.83. The third kappa shape index (κ3) is 2.53. The van der Waals surface area contributed by atoms with Crippen LogP contribution >= 0.6 is 0 Å². The molecule has 1 fully saturated rings. The van der Waals surface area contributed by atoms with E-state index in [2.05, 4.69) is 10.6 Å². The number of nitrogens with one attached hydrogen (secondary N) is 2. The minimum Gasteiger partial charge on any atom is -0.344 e. The SMILES string of the molecule is Cc1cc(C)c(NC(=O)[C@H]2CCC(=O)N2)c(C)c1. The Morgan fingerprint density at radius 1 is 1.28 bits per heavy atom. The van der Waals surface area contributed by atoms with Crippen LogP contribution in [-0.2, 0) is 9.59 Å². The fourth-order valence-electron chi connectivity index (χ4n) is 2.40. The van der Waals surface area contributed by atoms with E-state index < -0.39 is 6.04 Å². The summed E-state index contributed by atoms with van der Waals surface area (Å²) in [6.07, 6.45) is 1.01. The highest BCUT2D eigenvalue weighted by Crippen LogP contribution is 2.22. The number of rotatable bonds is 2. The van der Waals surface area contributed by atoms with Crippen LogP contribution in [0.1, 0.15) is 29.5 Å². The maximum absolute atomic E-state index is 12.0. The zero-order chi connectivity index (χ0) is 13.3. The summed E-state index contributed by atoms with van der Waals surface area (Å²) in [6.45, 7) is 5.98. The van der Waals surface area contributed by atoms with E-state index in [0.29, 0.717) is 12.8 Å². The summed E-state index contributed by atoms with van der Waals surface area (Å²) in [6, 6.07) is 3.68. The number of benzene rings is 1. The van der Waals surface area contributed by atoms with Crippen molar-refractivity contribution in [3.8, 4) is 0 Å². The van der Waals surface area contributed by atoms with E-state index in [4.69, 9.17) is 0 Å². The van der Waals surface area contributed by atoms with Gasteiger partial charge >= 0.3 is 0 Å². The van der Waals surface area contributed by atoms with E-state index in [0.717, 1.165) is 16.8 Å². The lowest BCUT2D eigenvalue weighted by molar-refractivity contribution is -0.122. The van der Waals surface area contributed by atoms with Crippen molar-refractivity contribution in [2.45, 2.75) is 39.7 Å². The second kappa shape index (κ2) is 4.80. The zero-order valence-electron chi connectivity index (χ0n) is 11.0. The van der Waals surface area contributed by atoms with Crippen LogP contribution in [0, 0.1) is 20.8 Å². The van der Waals surface area contributed by atoms with Gasteiger partial charge in [-0.1, -0.05) is 17.7 Å². The van der Waals surface area contributed by atoms with Crippen LogP contribution in [0.3, 0.4) is 0 Å². The number of carbonyl (C=O) groups excluding carboxylic acids is 2. The average molecular weight is 246 g/mol. The summed E-state index contributed by atoms with van der Waals surface area (Å²) in [5, 5.41) is 5.59. The van der Waals surface area contributed by atoms with Gasteiger partial charge in [0, 0.05) is 12.1 Å². The van der Waals surface area contributed by atoms with E-state index in [-0.39, 0.29) is 11.8 Å². The van der Waals surface area contributed by atoms with Crippen LogP contribution in [0.2, 0.25) is 0 Å². The highest BCUT2D eigenvalue weighted by Gasteiger charge is 2.27. The van der Waals surface area contributed by atoms with Gasteiger partial charge in [0.25, 0.3) is 0 Å². The van der Waals surface area contributed by atoms with Gasteiger partial charge in [0.1, 0.15) is 6.04 Å². The van der Waals surface area contributed by atoms with E-state index in [9.17, 15) is 9.59 Å². The van der Waals surface area contributed by atoms with Crippen molar-refractivity contribution < 1.29 is 9.59 Å². The van der Waals surface area contributed by atoms with Crippen LogP contribution in [0.25, 0.3) is 0 Å². The Labute approximate surface area is 107 Å². The predicted molar refractivity (Wildman–Crippen MR) is 70.4 cm³/mol. The van der Waals surface area contributed by atoms with Gasteiger partial charge in [-0.3, -0.25) is 9.59 Å². The Kier molecular flexibility index (Phi) is 3.36. The first-order chi connectivity index (χ1) is 8.47. The molecule has 2 N–H and O–H groups in total. The van der Waals surface area contributed by atoms with E-state index >= 15 is 0 Å². The van der Waals surface area contributed by atoms with Crippen LogP contribution in [-0.4, -0.2) is 17.9 Å². The maximum Gasteiger partial charge on any atom is 0.246 e. The quantitative estimate of drug-likeness (QED) is 0.836. The molecule has 1 aliphatic rings. The lowest BCUT2D eigenvalue weighted by Crippen LogP contribution is -2.37. The number of aryl methyl sites for hydroxylation is 3. The fourth-order valence-corrected chi connectivity index (χ4v) is 2.40. The summed E-state index contributed by atoms with van der Waals surface area (Å²) in [5.41, 5.74) is 4.12. The first-order valence-electron chi connectivity index (χ1n) is 6.15. The Hall–Kier alpha value is -1.84. The summed E-state index contributed by atoms with van der Waals surface area (Å²) in [7, 11) is 0. The Balaban J connectivity index is 2.14. The molecule has 0 unspecified atom stereocenters. The minimum absolute atomic E-state index is 0.0486. The van der Waals surface area contributed by atoms with Gasteiger partial charge in [-0.2, -0.15) is 0 Å². The summed E-state index contributed by atoms with van der Waals surface area (Å²) < 4.78 is 0. The van der Waals surface area contributed by atoms with Crippen LogP contribution in [0.5, 0.6) is 0 Å². The number of carbonyl (C=O) groups is 2. The monoisotopic (exact) mass is 246 g/mol. The van der Waals surface area contributed by atoms with Gasteiger partial charge in [0.2, 0.25) is 11.8 Å². The third-order valence-corrected chi connectivity index (χ3v) is 3.24. The van der Waals surface area contributed by atoms with Gasteiger partial charge in [0.15, 0.2) is 0 Å². The molecule has 1 heterocycles. The molecule has 2 rings (SSSR count).